The summed E-state index contributed by atoms with van der Waals surface area (Å²) in [6.45, 7) is 0. The molecule has 1 amide bonds. The predicted molar refractivity (Wildman–Crippen MR) is 88.7 cm³/mol. The molecule has 6 nitrogen and oxygen atoms in total. The molecule has 0 saturated heterocycles. The molecular formula is C18H17N5O. The van der Waals surface area contributed by atoms with E-state index in [2.05, 4.69) is 32.5 Å². The maximum Gasteiger partial charge on any atom is 0.255 e. The number of nitrogens with one attached hydrogen (secondary N) is 1. The lowest BCUT2D eigenvalue weighted by Crippen LogP contribution is -2.31. The number of carbonyl (C=O) groups excluding carboxylic acids is 1. The van der Waals surface area contributed by atoms with Gasteiger partial charge in [-0.05, 0) is 42.5 Å². The Bertz CT molecular complexity index is 859. The number of aryl methyl sites for hydroxylation is 1. The molecular weight excluding hydrogens is 302 g/mol. The van der Waals surface area contributed by atoms with Crippen molar-refractivity contribution < 1.29 is 4.79 Å². The Morgan fingerprint density at radius 1 is 1.21 bits per heavy atom. The van der Waals surface area contributed by atoms with E-state index in [1.54, 1.807) is 18.3 Å². The zero-order valence-electron chi connectivity index (χ0n) is 13.1. The number of amides is 1. The molecule has 0 radical (unpaired) electrons. The number of fused-ring (bicyclic) bond motifs is 1. The average molecular weight is 319 g/mol. The summed E-state index contributed by atoms with van der Waals surface area (Å²) in [4.78, 5) is 21.0. The molecule has 4 rings (SSSR count). The molecule has 0 saturated carbocycles. The zero-order valence-corrected chi connectivity index (χ0v) is 13.1. The molecule has 0 unspecified atom stereocenters. The Morgan fingerprint density at radius 2 is 2.12 bits per heavy atom. The summed E-state index contributed by atoms with van der Waals surface area (Å²) in [6.07, 6.45) is 7.69. The maximum absolute atomic E-state index is 12.8. The van der Waals surface area contributed by atoms with E-state index in [9.17, 15) is 4.79 Å². The average Bonchev–Trinajstić information content (AvgIpc) is 3.16. The van der Waals surface area contributed by atoms with E-state index in [0.717, 1.165) is 19.3 Å². The highest BCUT2D eigenvalue weighted by atomic mass is 16.1. The van der Waals surface area contributed by atoms with Crippen LogP contribution in [0.1, 0.15) is 40.4 Å². The first-order valence-corrected chi connectivity index (χ1v) is 8.01. The molecule has 1 N–H and O–H groups in total. The maximum atomic E-state index is 12.8. The Balaban J connectivity index is 1.63. The van der Waals surface area contributed by atoms with Gasteiger partial charge in [0.05, 0.1) is 11.6 Å². The summed E-state index contributed by atoms with van der Waals surface area (Å²) in [5, 5.41) is 7.23. The van der Waals surface area contributed by atoms with Crippen LogP contribution in [0.15, 0.2) is 55.2 Å². The van der Waals surface area contributed by atoms with Gasteiger partial charge in [0.25, 0.3) is 5.91 Å². The van der Waals surface area contributed by atoms with Crippen molar-refractivity contribution in [3.63, 3.8) is 0 Å². The lowest BCUT2D eigenvalue weighted by molar-refractivity contribution is 0.0932. The summed E-state index contributed by atoms with van der Waals surface area (Å²) in [6, 6.07) is 11.9. The fourth-order valence-corrected chi connectivity index (χ4v) is 3.21. The number of carbonyl (C=O) groups is 1. The molecule has 6 heteroatoms. The Kier molecular flexibility index (Phi) is 3.78. The van der Waals surface area contributed by atoms with Gasteiger partial charge in [0.1, 0.15) is 12.7 Å². The van der Waals surface area contributed by atoms with Gasteiger partial charge in [-0.25, -0.2) is 14.6 Å². The van der Waals surface area contributed by atoms with Crippen molar-refractivity contribution in [1.29, 1.82) is 0 Å². The van der Waals surface area contributed by atoms with Gasteiger partial charge in [-0.15, -0.1) is 0 Å². The lowest BCUT2D eigenvalue weighted by atomic mass is 9.87. The molecule has 2 heterocycles. The van der Waals surface area contributed by atoms with E-state index < -0.39 is 0 Å². The number of aromatic nitrogens is 4. The summed E-state index contributed by atoms with van der Waals surface area (Å²) in [7, 11) is 0. The van der Waals surface area contributed by atoms with Gasteiger partial charge in [-0.2, -0.15) is 5.10 Å². The van der Waals surface area contributed by atoms with Gasteiger partial charge in [-0.3, -0.25) is 4.79 Å². The fourth-order valence-electron chi connectivity index (χ4n) is 3.21. The SMILES string of the molecule is O=C(N[C@@H]1CCCc2ccccc21)c1cccnc1-n1cncn1. The van der Waals surface area contributed by atoms with Crippen molar-refractivity contribution in [2.75, 3.05) is 0 Å². The van der Waals surface area contributed by atoms with E-state index in [0.29, 0.717) is 11.4 Å². The smallest absolute Gasteiger partial charge is 0.255 e. The van der Waals surface area contributed by atoms with E-state index in [4.69, 9.17) is 0 Å². The van der Waals surface area contributed by atoms with Crippen LogP contribution in [0.5, 0.6) is 0 Å². The molecule has 0 bridgehead atoms. The van der Waals surface area contributed by atoms with E-state index in [1.165, 1.54) is 28.5 Å². The normalized spacial score (nSPS) is 16.4. The van der Waals surface area contributed by atoms with Gasteiger partial charge >= 0.3 is 0 Å². The van der Waals surface area contributed by atoms with Crippen molar-refractivity contribution in [2.24, 2.45) is 0 Å². The van der Waals surface area contributed by atoms with Crippen molar-refractivity contribution >= 4 is 5.91 Å². The highest BCUT2D eigenvalue weighted by molar-refractivity contribution is 5.97. The summed E-state index contributed by atoms with van der Waals surface area (Å²) >= 11 is 0. The quantitative estimate of drug-likeness (QED) is 0.805. The van der Waals surface area contributed by atoms with Gasteiger partial charge in [0.15, 0.2) is 5.82 Å². The fraction of sp³-hybridized carbons (Fsp3) is 0.222. The number of hydrogen-bond donors (Lipinski definition) is 1. The number of rotatable bonds is 3. The number of pyridine rings is 1. The van der Waals surface area contributed by atoms with Gasteiger partial charge in [0.2, 0.25) is 0 Å². The van der Waals surface area contributed by atoms with Crippen LogP contribution in [0.25, 0.3) is 5.82 Å². The molecule has 1 aliphatic carbocycles. The molecule has 3 aromatic rings. The van der Waals surface area contributed by atoms with Crippen LogP contribution in [-0.4, -0.2) is 25.7 Å². The van der Waals surface area contributed by atoms with Crippen molar-refractivity contribution in [3.05, 3.63) is 71.9 Å². The molecule has 0 aliphatic heterocycles. The summed E-state index contributed by atoms with van der Waals surface area (Å²) < 4.78 is 1.50. The monoisotopic (exact) mass is 319 g/mol. The molecule has 2 aromatic heterocycles. The van der Waals surface area contributed by atoms with Gasteiger partial charge in [0, 0.05) is 6.20 Å². The van der Waals surface area contributed by atoms with Crippen LogP contribution >= 0.6 is 0 Å². The van der Waals surface area contributed by atoms with Crippen LogP contribution in [-0.2, 0) is 6.42 Å². The minimum absolute atomic E-state index is 0.0336. The Morgan fingerprint density at radius 3 is 3.00 bits per heavy atom. The zero-order chi connectivity index (χ0) is 16.4. The van der Waals surface area contributed by atoms with Crippen LogP contribution in [0.3, 0.4) is 0 Å². The highest BCUT2D eigenvalue weighted by Crippen LogP contribution is 2.29. The van der Waals surface area contributed by atoms with Gasteiger partial charge in [-0.1, -0.05) is 24.3 Å². The van der Waals surface area contributed by atoms with Crippen LogP contribution < -0.4 is 5.32 Å². The third kappa shape index (κ3) is 2.67. The Labute approximate surface area is 139 Å². The summed E-state index contributed by atoms with van der Waals surface area (Å²) in [5.74, 6) is 0.340. The standard InChI is InChI=1S/C18H17N5O/c24-18(15-8-4-10-20-17(15)23-12-19-11-21-23)22-16-9-3-6-13-5-1-2-7-14(13)16/h1-2,4-5,7-8,10-12,16H,3,6,9H2,(H,22,24)/t16-/m1/s1. The van der Waals surface area contributed by atoms with Crippen LogP contribution in [0.4, 0.5) is 0 Å². The highest BCUT2D eigenvalue weighted by Gasteiger charge is 2.23. The second kappa shape index (κ2) is 6.23. The minimum Gasteiger partial charge on any atom is -0.345 e. The molecule has 1 atom stereocenters. The Hall–Kier alpha value is -3.02. The number of hydrogen-bond acceptors (Lipinski definition) is 4. The third-order valence-corrected chi connectivity index (χ3v) is 4.34. The third-order valence-electron chi connectivity index (χ3n) is 4.34. The second-order valence-electron chi connectivity index (χ2n) is 5.83. The molecule has 0 fully saturated rings. The molecule has 24 heavy (non-hydrogen) atoms. The minimum atomic E-state index is -0.143. The largest absolute Gasteiger partial charge is 0.345 e. The molecule has 1 aromatic carbocycles. The predicted octanol–water partition coefficient (Wildman–Crippen LogP) is 2.47. The first-order valence-electron chi connectivity index (χ1n) is 8.01. The lowest BCUT2D eigenvalue weighted by Gasteiger charge is -2.26. The van der Waals surface area contributed by atoms with E-state index >= 15 is 0 Å². The molecule has 120 valence electrons. The van der Waals surface area contributed by atoms with E-state index in [1.807, 2.05) is 12.1 Å². The second-order valence-corrected chi connectivity index (χ2v) is 5.83. The van der Waals surface area contributed by atoms with Crippen molar-refractivity contribution in [1.82, 2.24) is 25.1 Å². The van der Waals surface area contributed by atoms with Crippen LogP contribution in [0.2, 0.25) is 0 Å². The van der Waals surface area contributed by atoms with Crippen molar-refractivity contribution in [2.45, 2.75) is 25.3 Å². The molecule has 1 aliphatic rings. The summed E-state index contributed by atoms with van der Waals surface area (Å²) in [5.41, 5.74) is 3.02. The number of nitrogens with zero attached hydrogens (tertiary/aromatic N) is 4. The van der Waals surface area contributed by atoms with Gasteiger partial charge < -0.3 is 5.32 Å². The topological polar surface area (TPSA) is 72.7 Å². The molecule has 0 spiro atoms. The number of benzene rings is 1. The van der Waals surface area contributed by atoms with E-state index in [-0.39, 0.29) is 11.9 Å². The van der Waals surface area contributed by atoms with Crippen molar-refractivity contribution in [3.8, 4) is 5.82 Å². The first kappa shape index (κ1) is 14.6. The first-order chi connectivity index (χ1) is 11.8. The van der Waals surface area contributed by atoms with Crippen LogP contribution in [0, 0.1) is 0 Å².